The van der Waals surface area contributed by atoms with Crippen molar-refractivity contribution in [3.63, 3.8) is 0 Å². The number of ether oxygens (including phenoxy) is 1. The Morgan fingerprint density at radius 1 is 0.764 bits per heavy atom. The van der Waals surface area contributed by atoms with E-state index in [0.717, 1.165) is 94.7 Å². The van der Waals surface area contributed by atoms with Crippen molar-refractivity contribution in [1.82, 2.24) is 20.0 Å². The molecule has 4 heterocycles. The van der Waals surface area contributed by atoms with Crippen molar-refractivity contribution in [2.24, 2.45) is 11.8 Å². The van der Waals surface area contributed by atoms with Gasteiger partial charge in [0.2, 0.25) is 11.8 Å². The van der Waals surface area contributed by atoms with Crippen LogP contribution in [0.25, 0.3) is 0 Å². The monoisotopic (exact) mass is 756 g/mol. The molecule has 2 aromatic carbocycles. The molecule has 298 valence electrons. The number of fused-ring (bicyclic) bond motifs is 2. The van der Waals surface area contributed by atoms with E-state index in [4.69, 9.17) is 9.84 Å². The molecule has 0 aliphatic carbocycles. The van der Waals surface area contributed by atoms with Gasteiger partial charge in [0.25, 0.3) is 0 Å². The number of nitrogens with zero attached hydrogens (tertiary/aromatic N) is 3. The Morgan fingerprint density at radius 3 is 1.78 bits per heavy atom. The van der Waals surface area contributed by atoms with Crippen molar-refractivity contribution in [2.45, 2.75) is 84.9 Å². The molecule has 0 atom stereocenters. The number of piperidine rings is 2. The SMILES string of the molecule is CCN1CCc2cc(NC(=O)/C=C/C3CCN(C(=O)OC(C)(C)C)CC3)ccc2C1.O=C(O)CN1CCc2cc(NC(=O)/C=C/C3CCNCC3)ccc2C1. The molecule has 2 aromatic rings. The van der Waals surface area contributed by atoms with Crippen LogP contribution in [-0.4, -0.2) is 102 Å². The van der Waals surface area contributed by atoms with E-state index in [0.29, 0.717) is 31.5 Å². The third-order valence-electron chi connectivity index (χ3n) is 10.6. The predicted octanol–water partition coefficient (Wildman–Crippen LogP) is 5.83. The van der Waals surface area contributed by atoms with Crippen LogP contribution in [0.4, 0.5) is 16.2 Å². The van der Waals surface area contributed by atoms with Gasteiger partial charge in [-0.25, -0.2) is 4.79 Å². The number of carboxylic acid groups (broad SMARTS) is 1. The van der Waals surface area contributed by atoms with E-state index in [1.54, 1.807) is 17.1 Å². The molecule has 0 saturated carbocycles. The first-order valence-electron chi connectivity index (χ1n) is 19.9. The maximum Gasteiger partial charge on any atom is 0.410 e. The van der Waals surface area contributed by atoms with E-state index < -0.39 is 11.6 Å². The highest BCUT2D eigenvalue weighted by Crippen LogP contribution is 2.25. The first kappa shape index (κ1) is 41.6. The summed E-state index contributed by atoms with van der Waals surface area (Å²) in [4.78, 5) is 53.5. The summed E-state index contributed by atoms with van der Waals surface area (Å²) >= 11 is 0. The van der Waals surface area contributed by atoms with Crippen molar-refractivity contribution >= 4 is 35.3 Å². The number of allylic oxidation sites excluding steroid dienone is 2. The Hall–Kier alpha value is -4.52. The van der Waals surface area contributed by atoms with Crippen LogP contribution in [0.2, 0.25) is 0 Å². The van der Waals surface area contributed by atoms with Gasteiger partial charge in [0.15, 0.2) is 0 Å². The minimum atomic E-state index is -0.798. The molecule has 12 heteroatoms. The van der Waals surface area contributed by atoms with Crippen LogP contribution in [0.3, 0.4) is 0 Å². The molecule has 4 aliphatic heterocycles. The maximum absolute atomic E-state index is 12.4. The lowest BCUT2D eigenvalue weighted by Crippen LogP contribution is -2.41. The van der Waals surface area contributed by atoms with Gasteiger partial charge in [0, 0.05) is 50.6 Å². The summed E-state index contributed by atoms with van der Waals surface area (Å²) in [5, 5.41) is 18.1. The minimum Gasteiger partial charge on any atom is -0.480 e. The van der Waals surface area contributed by atoms with Crippen LogP contribution in [0.1, 0.15) is 75.6 Å². The molecule has 0 bridgehead atoms. The Bertz CT molecular complexity index is 1700. The van der Waals surface area contributed by atoms with Gasteiger partial charge in [-0.1, -0.05) is 31.2 Å². The molecular weight excluding hydrogens is 697 g/mol. The zero-order valence-electron chi connectivity index (χ0n) is 33.1. The molecule has 6 rings (SSSR count). The van der Waals surface area contributed by atoms with E-state index in [-0.39, 0.29) is 24.5 Å². The second-order valence-electron chi connectivity index (χ2n) is 16.0. The quantitative estimate of drug-likeness (QED) is 0.233. The normalized spacial score (nSPS) is 18.6. The van der Waals surface area contributed by atoms with Crippen molar-refractivity contribution in [3.05, 3.63) is 83.0 Å². The number of anilines is 2. The van der Waals surface area contributed by atoms with Crippen molar-refractivity contribution in [2.75, 3.05) is 63.0 Å². The summed E-state index contributed by atoms with van der Waals surface area (Å²) < 4.78 is 5.43. The number of carbonyl (C=O) groups excluding carboxylic acids is 3. The zero-order chi connectivity index (χ0) is 39.4. The molecule has 4 aliphatic rings. The summed E-state index contributed by atoms with van der Waals surface area (Å²) in [7, 11) is 0. The molecule has 4 N–H and O–H groups in total. The number of aliphatic carboxylic acids is 1. The standard InChI is InChI=1S/C24H35N3O3.C19H25N3O3/c1-5-26-13-12-19-16-21(8-7-20(19)17-26)25-22(28)9-6-18-10-14-27(15-11-18)23(29)30-24(2,3)4;23-18(4-1-14-5-8-20-9-6-14)21-17-3-2-16-12-22(13-19(24)25)10-7-15(16)11-17/h6-9,16,18H,5,10-15,17H2,1-4H3,(H,25,28);1-4,11,14,20H,5-10,12-13H2,(H,21,23)(H,24,25)/b9-6+;4-1+. The van der Waals surface area contributed by atoms with Crippen LogP contribution >= 0.6 is 0 Å². The van der Waals surface area contributed by atoms with Crippen LogP contribution < -0.4 is 16.0 Å². The first-order valence-corrected chi connectivity index (χ1v) is 19.9. The lowest BCUT2D eigenvalue weighted by molar-refractivity contribution is -0.138. The fraction of sp³-hybridized carbons (Fsp3) is 0.535. The summed E-state index contributed by atoms with van der Waals surface area (Å²) in [6.45, 7) is 15.7. The first-order chi connectivity index (χ1) is 26.3. The average Bonchev–Trinajstić information content (AvgIpc) is 3.16. The number of nitrogens with one attached hydrogen (secondary N) is 3. The molecule has 0 spiro atoms. The third-order valence-corrected chi connectivity index (χ3v) is 10.6. The summed E-state index contributed by atoms with van der Waals surface area (Å²) in [6.07, 6.45) is 12.7. The maximum atomic E-state index is 12.4. The van der Waals surface area contributed by atoms with E-state index in [1.165, 1.54) is 16.7 Å². The Balaban J connectivity index is 0.000000214. The zero-order valence-corrected chi connectivity index (χ0v) is 33.1. The largest absolute Gasteiger partial charge is 0.480 e. The number of amides is 3. The number of rotatable bonds is 9. The van der Waals surface area contributed by atoms with E-state index in [1.807, 2.05) is 62.1 Å². The highest BCUT2D eigenvalue weighted by atomic mass is 16.6. The number of likely N-dealkylation sites (tertiary alicyclic amines) is 1. The van der Waals surface area contributed by atoms with Crippen LogP contribution in [0, 0.1) is 11.8 Å². The molecule has 0 unspecified atom stereocenters. The molecule has 55 heavy (non-hydrogen) atoms. The highest BCUT2D eigenvalue weighted by Gasteiger charge is 2.26. The minimum absolute atomic E-state index is 0.0689. The second-order valence-corrected chi connectivity index (χ2v) is 16.0. The topological polar surface area (TPSA) is 144 Å². The number of carboxylic acids is 1. The number of carbonyl (C=O) groups is 4. The summed E-state index contributed by atoms with van der Waals surface area (Å²) in [5.41, 5.74) is 6.18. The van der Waals surface area contributed by atoms with Crippen LogP contribution in [0.15, 0.2) is 60.7 Å². The van der Waals surface area contributed by atoms with E-state index in [2.05, 4.69) is 39.9 Å². The number of likely N-dealkylation sites (N-methyl/N-ethyl adjacent to an activating group) is 1. The fourth-order valence-electron chi connectivity index (χ4n) is 7.43. The van der Waals surface area contributed by atoms with Gasteiger partial charge in [-0.15, -0.1) is 0 Å². The smallest absolute Gasteiger partial charge is 0.410 e. The second kappa shape index (κ2) is 19.9. The van der Waals surface area contributed by atoms with Gasteiger partial charge in [-0.05, 0) is 149 Å². The van der Waals surface area contributed by atoms with Crippen molar-refractivity contribution in [3.8, 4) is 0 Å². The van der Waals surface area contributed by atoms with Crippen LogP contribution in [-0.2, 0) is 45.1 Å². The number of hydrogen-bond acceptors (Lipinski definition) is 8. The van der Waals surface area contributed by atoms with Gasteiger partial charge in [-0.2, -0.15) is 0 Å². The highest BCUT2D eigenvalue weighted by molar-refractivity contribution is 6.00. The molecule has 0 aromatic heterocycles. The lowest BCUT2D eigenvalue weighted by atomic mass is 9.96. The van der Waals surface area contributed by atoms with Gasteiger partial charge in [0.1, 0.15) is 5.60 Å². The third kappa shape index (κ3) is 13.6. The number of benzene rings is 2. The van der Waals surface area contributed by atoms with Crippen molar-refractivity contribution < 1.29 is 29.0 Å². The molecule has 3 amide bonds. The average molecular weight is 757 g/mol. The predicted molar refractivity (Wildman–Crippen MR) is 216 cm³/mol. The van der Waals surface area contributed by atoms with Crippen molar-refractivity contribution in [1.29, 1.82) is 0 Å². The molecule has 2 saturated heterocycles. The summed E-state index contributed by atoms with van der Waals surface area (Å²) in [6, 6.07) is 12.1. The molecule has 2 fully saturated rings. The molecule has 12 nitrogen and oxygen atoms in total. The molecule has 0 radical (unpaired) electrons. The van der Waals surface area contributed by atoms with Gasteiger partial charge >= 0.3 is 12.1 Å². The Labute approximate surface area is 326 Å². The van der Waals surface area contributed by atoms with Gasteiger partial charge in [-0.3, -0.25) is 24.2 Å². The fourth-order valence-corrected chi connectivity index (χ4v) is 7.43. The Morgan fingerprint density at radius 2 is 1.27 bits per heavy atom. The number of hydrogen-bond donors (Lipinski definition) is 4. The lowest BCUT2D eigenvalue weighted by Gasteiger charge is -2.32. The van der Waals surface area contributed by atoms with E-state index in [9.17, 15) is 19.2 Å². The molecular formula is C43H60N6O6. The van der Waals surface area contributed by atoms with Crippen LogP contribution in [0.5, 0.6) is 0 Å². The summed E-state index contributed by atoms with van der Waals surface area (Å²) in [5.74, 6) is -0.209. The van der Waals surface area contributed by atoms with Gasteiger partial charge < -0.3 is 30.7 Å². The van der Waals surface area contributed by atoms with Gasteiger partial charge in [0.05, 0.1) is 6.54 Å². The Kier molecular flexibility index (Phi) is 15.1. The van der Waals surface area contributed by atoms with E-state index >= 15 is 0 Å².